The summed E-state index contributed by atoms with van der Waals surface area (Å²) >= 11 is 5.84. The molecule has 0 aromatic heterocycles. The molecule has 120 valence electrons. The number of likely N-dealkylation sites (tertiary alicyclic amines) is 1. The van der Waals surface area contributed by atoms with Crippen LogP contribution < -0.4 is 5.32 Å². The fraction of sp³-hybridized carbons (Fsp3) is 0.429. The Balaban J connectivity index is 2.02. The van der Waals surface area contributed by atoms with Crippen molar-refractivity contribution in [1.29, 1.82) is 0 Å². The molecule has 1 fully saturated rings. The van der Waals surface area contributed by atoms with Crippen LogP contribution in [0.4, 0.5) is 18.9 Å². The predicted molar refractivity (Wildman–Crippen MR) is 75.6 cm³/mol. The molecule has 1 heterocycles. The Hall–Kier alpha value is -1.76. The molecule has 2 rings (SSSR count). The fourth-order valence-electron chi connectivity index (χ4n) is 2.28. The quantitative estimate of drug-likeness (QED) is 0.923. The topological polar surface area (TPSA) is 49.4 Å². The highest BCUT2D eigenvalue weighted by atomic mass is 35.5. The van der Waals surface area contributed by atoms with Crippen LogP contribution in [0.1, 0.15) is 12.0 Å². The molecule has 1 N–H and O–H groups in total. The van der Waals surface area contributed by atoms with Gasteiger partial charge in [0.2, 0.25) is 11.8 Å². The van der Waals surface area contributed by atoms with Gasteiger partial charge >= 0.3 is 6.18 Å². The first-order chi connectivity index (χ1) is 10.2. The number of nitrogens with zero attached hydrogens (tertiary/aromatic N) is 1. The Morgan fingerprint density at radius 3 is 2.77 bits per heavy atom. The van der Waals surface area contributed by atoms with Crippen molar-refractivity contribution in [3.8, 4) is 0 Å². The van der Waals surface area contributed by atoms with Gasteiger partial charge in [0.25, 0.3) is 0 Å². The zero-order valence-electron chi connectivity index (χ0n) is 11.7. The van der Waals surface area contributed by atoms with Gasteiger partial charge < -0.3 is 10.2 Å². The van der Waals surface area contributed by atoms with Gasteiger partial charge in [-0.25, -0.2) is 0 Å². The molecule has 0 radical (unpaired) electrons. The Kier molecular flexibility index (Phi) is 4.65. The summed E-state index contributed by atoms with van der Waals surface area (Å²) < 4.78 is 37.0. The summed E-state index contributed by atoms with van der Waals surface area (Å²) in [5, 5.41) is 3.05. The summed E-state index contributed by atoms with van der Waals surface area (Å²) in [6.07, 6.45) is -4.69. The number of hydrogen-bond acceptors (Lipinski definition) is 2. The van der Waals surface area contributed by atoms with Crippen LogP contribution in [-0.2, 0) is 9.59 Å². The van der Waals surface area contributed by atoms with Crippen LogP contribution in [0.15, 0.2) is 18.2 Å². The Morgan fingerprint density at radius 2 is 2.14 bits per heavy atom. The summed E-state index contributed by atoms with van der Waals surface area (Å²) in [4.78, 5) is 24.3. The number of carbonyl (C=O) groups excluding carboxylic acids is 2. The van der Waals surface area contributed by atoms with Gasteiger partial charge in [0.15, 0.2) is 0 Å². The van der Waals surface area contributed by atoms with Crippen LogP contribution in [0, 0.1) is 12.8 Å². The molecule has 1 aromatic rings. The lowest BCUT2D eigenvalue weighted by Crippen LogP contribution is -2.36. The summed E-state index contributed by atoms with van der Waals surface area (Å²) in [5.74, 6) is -1.95. The molecule has 1 aliphatic rings. The van der Waals surface area contributed by atoms with Crippen molar-refractivity contribution in [2.45, 2.75) is 19.5 Å². The predicted octanol–water partition coefficient (Wildman–Crippen LogP) is 3.00. The first-order valence-corrected chi connectivity index (χ1v) is 6.95. The summed E-state index contributed by atoms with van der Waals surface area (Å²) in [6.45, 7) is 0.206. The van der Waals surface area contributed by atoms with Crippen LogP contribution in [-0.4, -0.2) is 36.0 Å². The average molecular weight is 335 g/mol. The van der Waals surface area contributed by atoms with E-state index in [9.17, 15) is 22.8 Å². The minimum Gasteiger partial charge on any atom is -0.333 e. The second-order valence-corrected chi connectivity index (χ2v) is 5.68. The van der Waals surface area contributed by atoms with Crippen molar-refractivity contribution in [3.63, 3.8) is 0 Å². The molecular formula is C14H14ClF3N2O2. The van der Waals surface area contributed by atoms with E-state index in [1.54, 1.807) is 25.1 Å². The van der Waals surface area contributed by atoms with Crippen LogP contribution in [0.2, 0.25) is 5.02 Å². The third kappa shape index (κ3) is 4.13. The lowest BCUT2D eigenvalue weighted by molar-refractivity contribution is -0.157. The Labute approximate surface area is 130 Å². The van der Waals surface area contributed by atoms with Gasteiger partial charge in [-0.3, -0.25) is 9.59 Å². The van der Waals surface area contributed by atoms with Crippen molar-refractivity contribution in [1.82, 2.24) is 4.90 Å². The summed E-state index contributed by atoms with van der Waals surface area (Å²) in [5.41, 5.74) is 1.26. The molecule has 1 atom stereocenters. The molecule has 4 nitrogen and oxygen atoms in total. The summed E-state index contributed by atoms with van der Waals surface area (Å²) in [7, 11) is 0. The van der Waals surface area contributed by atoms with Crippen molar-refractivity contribution >= 4 is 29.1 Å². The number of alkyl halides is 3. The SMILES string of the molecule is Cc1ccc(Cl)cc1NC(=O)[C@@H]1CC(=O)N(CC(F)(F)F)C1. The van der Waals surface area contributed by atoms with Gasteiger partial charge in [-0.2, -0.15) is 13.2 Å². The zero-order valence-corrected chi connectivity index (χ0v) is 12.5. The molecule has 0 aliphatic carbocycles. The van der Waals surface area contributed by atoms with Gasteiger partial charge in [0.05, 0.1) is 5.92 Å². The molecule has 0 saturated carbocycles. The van der Waals surface area contributed by atoms with Gasteiger partial charge in [-0.05, 0) is 24.6 Å². The van der Waals surface area contributed by atoms with E-state index in [1.807, 2.05) is 0 Å². The van der Waals surface area contributed by atoms with Gasteiger partial charge in [0, 0.05) is 23.7 Å². The highest BCUT2D eigenvalue weighted by Gasteiger charge is 2.40. The highest BCUT2D eigenvalue weighted by molar-refractivity contribution is 6.31. The molecule has 2 amide bonds. The molecule has 8 heteroatoms. The van der Waals surface area contributed by atoms with E-state index in [0.717, 1.165) is 5.56 Å². The van der Waals surface area contributed by atoms with E-state index in [-0.39, 0.29) is 13.0 Å². The molecule has 0 spiro atoms. The van der Waals surface area contributed by atoms with Crippen molar-refractivity contribution < 1.29 is 22.8 Å². The number of benzene rings is 1. The maximum Gasteiger partial charge on any atom is 0.406 e. The lowest BCUT2D eigenvalue weighted by Gasteiger charge is -2.18. The Bertz CT molecular complexity index is 604. The molecule has 0 bridgehead atoms. The normalized spacial score (nSPS) is 18.7. The van der Waals surface area contributed by atoms with E-state index in [0.29, 0.717) is 15.6 Å². The van der Waals surface area contributed by atoms with E-state index in [2.05, 4.69) is 5.32 Å². The molecule has 22 heavy (non-hydrogen) atoms. The smallest absolute Gasteiger partial charge is 0.333 e. The average Bonchev–Trinajstić information content (AvgIpc) is 2.73. The molecule has 1 saturated heterocycles. The van der Waals surface area contributed by atoms with Crippen molar-refractivity contribution in [3.05, 3.63) is 28.8 Å². The lowest BCUT2D eigenvalue weighted by atomic mass is 10.1. The first-order valence-electron chi connectivity index (χ1n) is 6.57. The van der Waals surface area contributed by atoms with Gasteiger partial charge in [0.1, 0.15) is 6.54 Å². The van der Waals surface area contributed by atoms with Crippen molar-refractivity contribution in [2.24, 2.45) is 5.92 Å². The number of halogens is 4. The van der Waals surface area contributed by atoms with E-state index < -0.39 is 30.5 Å². The maximum atomic E-state index is 12.3. The van der Waals surface area contributed by atoms with E-state index in [1.165, 1.54) is 0 Å². The maximum absolute atomic E-state index is 12.3. The van der Waals surface area contributed by atoms with Crippen LogP contribution in [0.25, 0.3) is 0 Å². The third-order valence-corrected chi connectivity index (χ3v) is 3.65. The summed E-state index contributed by atoms with van der Waals surface area (Å²) in [6, 6.07) is 4.93. The number of nitrogens with one attached hydrogen (secondary N) is 1. The highest BCUT2D eigenvalue weighted by Crippen LogP contribution is 2.26. The minimum absolute atomic E-state index is 0.221. The standard InChI is InChI=1S/C14H14ClF3N2O2/c1-8-2-3-10(15)5-11(8)19-13(22)9-4-12(21)20(6-9)7-14(16,17)18/h2-3,5,9H,4,6-7H2,1H3,(H,19,22)/t9-/m1/s1. The number of hydrogen-bond donors (Lipinski definition) is 1. The van der Waals surface area contributed by atoms with E-state index in [4.69, 9.17) is 11.6 Å². The van der Waals surface area contributed by atoms with Gasteiger partial charge in [-0.1, -0.05) is 17.7 Å². The molecule has 1 aromatic carbocycles. The molecular weight excluding hydrogens is 321 g/mol. The number of aryl methyl sites for hydroxylation is 1. The molecule has 0 unspecified atom stereocenters. The van der Waals surface area contributed by atoms with Crippen LogP contribution in [0.3, 0.4) is 0 Å². The monoisotopic (exact) mass is 334 g/mol. The second kappa shape index (κ2) is 6.16. The van der Waals surface area contributed by atoms with Crippen LogP contribution in [0.5, 0.6) is 0 Å². The number of rotatable bonds is 3. The number of carbonyl (C=O) groups is 2. The minimum atomic E-state index is -4.47. The second-order valence-electron chi connectivity index (χ2n) is 5.24. The zero-order chi connectivity index (χ0) is 16.5. The fourth-order valence-corrected chi connectivity index (χ4v) is 2.45. The first kappa shape index (κ1) is 16.6. The molecule has 1 aliphatic heterocycles. The van der Waals surface area contributed by atoms with Crippen LogP contribution >= 0.6 is 11.6 Å². The van der Waals surface area contributed by atoms with Crippen molar-refractivity contribution in [2.75, 3.05) is 18.4 Å². The number of amides is 2. The Morgan fingerprint density at radius 1 is 1.45 bits per heavy atom. The number of anilines is 1. The third-order valence-electron chi connectivity index (χ3n) is 3.41. The van der Waals surface area contributed by atoms with Gasteiger partial charge in [-0.15, -0.1) is 0 Å². The van der Waals surface area contributed by atoms with E-state index >= 15 is 0 Å². The largest absolute Gasteiger partial charge is 0.406 e.